The second-order valence-corrected chi connectivity index (χ2v) is 4.47. The molecule has 0 saturated carbocycles. The zero-order valence-electron chi connectivity index (χ0n) is 10.4. The van der Waals surface area contributed by atoms with Crippen LogP contribution in [-0.4, -0.2) is 59.1 Å². The normalized spacial score (nSPS) is 25.6. The molecule has 0 aromatic heterocycles. The molecular weight excluding hydrogens is 240 g/mol. The standard InChI is InChI=1S/C11H18N2O5/c1-6(12-2)9(14)13-4-3-7(10(15)16)8(5-13)11(17)18/h6-8,12H,3-5H2,1-2H3,(H,15,16)(H,17,18). The Morgan fingerprint density at radius 2 is 1.78 bits per heavy atom. The summed E-state index contributed by atoms with van der Waals surface area (Å²) in [6, 6.07) is -0.402. The molecule has 0 aromatic carbocycles. The summed E-state index contributed by atoms with van der Waals surface area (Å²) in [5.74, 6) is -4.44. The molecule has 1 rings (SSSR count). The first kappa shape index (κ1) is 14.4. The Bertz CT molecular complexity index is 357. The van der Waals surface area contributed by atoms with Crippen molar-refractivity contribution in [3.63, 3.8) is 0 Å². The number of carboxylic acids is 2. The van der Waals surface area contributed by atoms with Gasteiger partial charge in [-0.05, 0) is 20.4 Å². The summed E-state index contributed by atoms with van der Waals surface area (Å²) in [5.41, 5.74) is 0. The van der Waals surface area contributed by atoms with Crippen LogP contribution in [0.25, 0.3) is 0 Å². The molecule has 0 bridgehead atoms. The van der Waals surface area contributed by atoms with Crippen LogP contribution in [0.5, 0.6) is 0 Å². The van der Waals surface area contributed by atoms with Crippen LogP contribution in [0.4, 0.5) is 0 Å². The van der Waals surface area contributed by atoms with Crippen LogP contribution >= 0.6 is 0 Å². The number of likely N-dealkylation sites (tertiary alicyclic amines) is 1. The second kappa shape index (κ2) is 5.81. The van der Waals surface area contributed by atoms with Crippen LogP contribution in [0.1, 0.15) is 13.3 Å². The Morgan fingerprint density at radius 1 is 1.22 bits per heavy atom. The first-order valence-corrected chi connectivity index (χ1v) is 5.80. The highest BCUT2D eigenvalue weighted by Gasteiger charge is 2.40. The van der Waals surface area contributed by atoms with Gasteiger partial charge < -0.3 is 20.4 Å². The van der Waals surface area contributed by atoms with E-state index >= 15 is 0 Å². The van der Waals surface area contributed by atoms with E-state index < -0.39 is 29.8 Å². The highest BCUT2D eigenvalue weighted by molar-refractivity contribution is 5.84. The van der Waals surface area contributed by atoms with Crippen molar-refractivity contribution in [1.29, 1.82) is 0 Å². The van der Waals surface area contributed by atoms with E-state index in [9.17, 15) is 14.4 Å². The van der Waals surface area contributed by atoms with E-state index in [1.54, 1.807) is 14.0 Å². The number of carbonyl (C=O) groups excluding carboxylic acids is 1. The van der Waals surface area contributed by atoms with Crippen molar-refractivity contribution in [3.05, 3.63) is 0 Å². The number of carboxylic acid groups (broad SMARTS) is 2. The number of nitrogens with zero attached hydrogens (tertiary/aromatic N) is 1. The molecule has 1 aliphatic rings. The van der Waals surface area contributed by atoms with E-state index in [1.165, 1.54) is 4.90 Å². The molecule has 1 saturated heterocycles. The number of hydrogen-bond donors (Lipinski definition) is 3. The molecule has 3 atom stereocenters. The highest BCUT2D eigenvalue weighted by atomic mass is 16.4. The van der Waals surface area contributed by atoms with Gasteiger partial charge in [-0.25, -0.2) is 0 Å². The predicted molar refractivity (Wildman–Crippen MR) is 62.0 cm³/mol. The van der Waals surface area contributed by atoms with Gasteiger partial charge in [0.25, 0.3) is 0 Å². The van der Waals surface area contributed by atoms with Crippen molar-refractivity contribution in [2.75, 3.05) is 20.1 Å². The molecule has 3 unspecified atom stereocenters. The molecule has 1 heterocycles. The van der Waals surface area contributed by atoms with Gasteiger partial charge in [-0.1, -0.05) is 0 Å². The highest BCUT2D eigenvalue weighted by Crippen LogP contribution is 2.24. The van der Waals surface area contributed by atoms with Crippen molar-refractivity contribution in [3.8, 4) is 0 Å². The van der Waals surface area contributed by atoms with Crippen LogP contribution in [0.15, 0.2) is 0 Å². The van der Waals surface area contributed by atoms with Gasteiger partial charge >= 0.3 is 11.9 Å². The first-order valence-electron chi connectivity index (χ1n) is 5.80. The zero-order chi connectivity index (χ0) is 13.9. The minimum absolute atomic E-state index is 0.0445. The summed E-state index contributed by atoms with van der Waals surface area (Å²) >= 11 is 0. The van der Waals surface area contributed by atoms with Gasteiger partial charge in [-0.3, -0.25) is 14.4 Å². The lowest BCUT2D eigenvalue weighted by molar-refractivity contribution is -0.159. The SMILES string of the molecule is CNC(C)C(=O)N1CCC(C(=O)O)C(C(=O)O)C1. The van der Waals surface area contributed by atoms with Crippen molar-refractivity contribution < 1.29 is 24.6 Å². The molecule has 0 aliphatic carbocycles. The summed E-state index contributed by atoms with van der Waals surface area (Å²) in [6.45, 7) is 1.92. The number of likely N-dealkylation sites (N-methyl/N-ethyl adjacent to an activating group) is 1. The molecular formula is C11H18N2O5. The van der Waals surface area contributed by atoms with Gasteiger partial charge in [0.2, 0.25) is 5.91 Å². The van der Waals surface area contributed by atoms with Gasteiger partial charge in [0, 0.05) is 13.1 Å². The number of rotatable bonds is 4. The number of hydrogen-bond acceptors (Lipinski definition) is 4. The van der Waals surface area contributed by atoms with Crippen LogP contribution < -0.4 is 5.32 Å². The molecule has 7 nitrogen and oxygen atoms in total. The summed E-state index contributed by atoms with van der Waals surface area (Å²) in [6.07, 6.45) is 0.175. The van der Waals surface area contributed by atoms with Crippen molar-refractivity contribution in [2.45, 2.75) is 19.4 Å². The molecule has 0 radical (unpaired) electrons. The third-order valence-electron chi connectivity index (χ3n) is 3.36. The Morgan fingerprint density at radius 3 is 2.22 bits per heavy atom. The maximum atomic E-state index is 11.9. The van der Waals surface area contributed by atoms with E-state index in [0.717, 1.165) is 0 Å². The fraction of sp³-hybridized carbons (Fsp3) is 0.727. The average Bonchev–Trinajstić information content (AvgIpc) is 2.35. The van der Waals surface area contributed by atoms with Crippen LogP contribution in [0.2, 0.25) is 0 Å². The molecule has 1 amide bonds. The predicted octanol–water partition coefficient (Wildman–Crippen LogP) is -0.772. The monoisotopic (exact) mass is 258 g/mol. The van der Waals surface area contributed by atoms with E-state index in [-0.39, 0.29) is 25.4 Å². The minimum Gasteiger partial charge on any atom is -0.481 e. The molecule has 1 aliphatic heterocycles. The number of carbonyl (C=O) groups is 3. The summed E-state index contributed by atoms with van der Waals surface area (Å²) in [4.78, 5) is 35.3. The quantitative estimate of drug-likeness (QED) is 0.611. The number of aliphatic carboxylic acids is 2. The molecule has 18 heavy (non-hydrogen) atoms. The number of amides is 1. The van der Waals surface area contributed by atoms with Gasteiger partial charge in [0.15, 0.2) is 0 Å². The van der Waals surface area contributed by atoms with Crippen molar-refractivity contribution in [2.24, 2.45) is 11.8 Å². The van der Waals surface area contributed by atoms with Gasteiger partial charge in [-0.2, -0.15) is 0 Å². The van der Waals surface area contributed by atoms with E-state index in [2.05, 4.69) is 5.32 Å². The fourth-order valence-electron chi connectivity index (χ4n) is 2.10. The molecule has 0 spiro atoms. The largest absolute Gasteiger partial charge is 0.481 e. The van der Waals surface area contributed by atoms with E-state index in [0.29, 0.717) is 0 Å². The topological polar surface area (TPSA) is 107 Å². The molecule has 0 aromatic rings. The Balaban J connectivity index is 2.77. The van der Waals surface area contributed by atoms with Crippen molar-refractivity contribution >= 4 is 17.8 Å². The van der Waals surface area contributed by atoms with E-state index in [4.69, 9.17) is 10.2 Å². The zero-order valence-corrected chi connectivity index (χ0v) is 10.4. The second-order valence-electron chi connectivity index (χ2n) is 4.47. The number of nitrogens with one attached hydrogen (secondary N) is 1. The van der Waals surface area contributed by atoms with Crippen molar-refractivity contribution in [1.82, 2.24) is 10.2 Å². The molecule has 102 valence electrons. The lowest BCUT2D eigenvalue weighted by Crippen LogP contribution is -2.52. The third-order valence-corrected chi connectivity index (χ3v) is 3.36. The molecule has 7 heteroatoms. The minimum atomic E-state index is -1.17. The maximum Gasteiger partial charge on any atom is 0.309 e. The maximum absolute atomic E-state index is 11.9. The molecule has 3 N–H and O–H groups in total. The van der Waals surface area contributed by atoms with E-state index in [1.807, 2.05) is 0 Å². The Kier molecular flexibility index (Phi) is 4.66. The van der Waals surface area contributed by atoms with Gasteiger partial charge in [0.05, 0.1) is 17.9 Å². The Hall–Kier alpha value is -1.63. The third kappa shape index (κ3) is 2.98. The molecule has 1 fully saturated rings. The van der Waals surface area contributed by atoms with Crippen LogP contribution in [0.3, 0.4) is 0 Å². The summed E-state index contributed by atoms with van der Waals surface area (Å²) in [5, 5.41) is 20.8. The van der Waals surface area contributed by atoms with Crippen LogP contribution in [0, 0.1) is 11.8 Å². The first-order chi connectivity index (χ1) is 8.38. The van der Waals surface area contributed by atoms with Crippen LogP contribution in [-0.2, 0) is 14.4 Å². The summed E-state index contributed by atoms with van der Waals surface area (Å²) < 4.78 is 0. The lowest BCUT2D eigenvalue weighted by Gasteiger charge is -2.35. The average molecular weight is 258 g/mol. The summed E-state index contributed by atoms with van der Waals surface area (Å²) in [7, 11) is 1.64. The number of piperidine rings is 1. The van der Waals surface area contributed by atoms with Gasteiger partial charge in [-0.15, -0.1) is 0 Å². The smallest absolute Gasteiger partial charge is 0.309 e. The Labute approximate surface area is 105 Å². The fourth-order valence-corrected chi connectivity index (χ4v) is 2.10. The van der Waals surface area contributed by atoms with Gasteiger partial charge in [0.1, 0.15) is 0 Å². The lowest BCUT2D eigenvalue weighted by atomic mass is 9.85.